The van der Waals surface area contributed by atoms with Crippen LogP contribution in [-0.4, -0.2) is 31.2 Å². The Hall–Kier alpha value is -1.17. The number of ether oxygens (including phenoxy) is 1. The van der Waals surface area contributed by atoms with E-state index in [-0.39, 0.29) is 16.7 Å². The molecule has 1 rings (SSSR count). The van der Waals surface area contributed by atoms with Gasteiger partial charge >= 0.3 is 0 Å². The lowest BCUT2D eigenvalue weighted by Gasteiger charge is -2.16. The highest BCUT2D eigenvalue weighted by molar-refractivity contribution is 6.30. The Labute approximate surface area is 118 Å². The van der Waals surface area contributed by atoms with E-state index in [1.165, 1.54) is 6.07 Å². The van der Waals surface area contributed by atoms with Crippen LogP contribution in [0.2, 0.25) is 5.02 Å². The largest absolute Gasteiger partial charge is 0.383 e. The minimum absolute atomic E-state index is 0.122. The fourth-order valence-electron chi connectivity index (χ4n) is 2.00. The molecule has 0 heterocycles. The first-order chi connectivity index (χ1) is 9.08. The van der Waals surface area contributed by atoms with Gasteiger partial charge in [-0.2, -0.15) is 0 Å². The Kier molecular flexibility index (Phi) is 6.77. The number of likely N-dealkylation sites (N-methyl/N-ethyl adjacent to an activating group) is 1. The van der Waals surface area contributed by atoms with Gasteiger partial charge in [0.2, 0.25) is 0 Å². The zero-order valence-electron chi connectivity index (χ0n) is 11.2. The van der Waals surface area contributed by atoms with Gasteiger partial charge in [-0.3, -0.25) is 10.1 Å². The van der Waals surface area contributed by atoms with E-state index in [9.17, 15) is 10.1 Å². The highest BCUT2D eigenvalue weighted by Crippen LogP contribution is 2.24. The average Bonchev–Trinajstić information content (AvgIpc) is 2.36. The highest BCUT2D eigenvalue weighted by Gasteiger charge is 2.15. The molecule has 0 bridgehead atoms. The molecule has 106 valence electrons. The van der Waals surface area contributed by atoms with E-state index in [2.05, 4.69) is 5.32 Å². The molecule has 1 atom stereocenters. The maximum atomic E-state index is 11.0. The monoisotopic (exact) mass is 286 g/mol. The first-order valence-electron chi connectivity index (χ1n) is 6.23. The molecule has 0 aliphatic rings. The van der Waals surface area contributed by atoms with Gasteiger partial charge in [0.25, 0.3) is 5.69 Å². The van der Waals surface area contributed by atoms with Crippen molar-refractivity contribution in [1.29, 1.82) is 0 Å². The lowest BCUT2D eigenvalue weighted by Crippen LogP contribution is -2.33. The molecule has 0 saturated carbocycles. The van der Waals surface area contributed by atoms with E-state index in [0.717, 1.165) is 13.0 Å². The second-order valence-electron chi connectivity index (χ2n) is 4.28. The number of methoxy groups -OCH3 is 1. The number of halogens is 1. The summed E-state index contributed by atoms with van der Waals surface area (Å²) < 4.78 is 5.12. The number of hydrogen-bond donors (Lipinski definition) is 1. The van der Waals surface area contributed by atoms with Crippen LogP contribution in [0.1, 0.15) is 18.9 Å². The lowest BCUT2D eigenvalue weighted by molar-refractivity contribution is -0.385. The molecule has 1 aromatic carbocycles. The molecule has 1 unspecified atom stereocenters. The van der Waals surface area contributed by atoms with Crippen molar-refractivity contribution >= 4 is 17.3 Å². The summed E-state index contributed by atoms with van der Waals surface area (Å²) in [5, 5.41) is 14.8. The van der Waals surface area contributed by atoms with Crippen LogP contribution in [0.15, 0.2) is 18.2 Å². The molecule has 19 heavy (non-hydrogen) atoms. The number of nitrogens with zero attached hydrogens (tertiary/aromatic N) is 1. The first-order valence-corrected chi connectivity index (χ1v) is 6.61. The summed E-state index contributed by atoms with van der Waals surface area (Å²) >= 11 is 5.90. The van der Waals surface area contributed by atoms with Crippen LogP contribution in [-0.2, 0) is 11.2 Å². The van der Waals surface area contributed by atoms with Gasteiger partial charge in [-0.1, -0.05) is 18.5 Å². The van der Waals surface area contributed by atoms with Crippen molar-refractivity contribution in [3.05, 3.63) is 38.9 Å². The Balaban J connectivity index is 2.74. The standard InChI is InChI=1S/C13H19ClN2O3/c1-3-15-12(9-19-2)6-4-10-8-11(14)5-7-13(10)16(17)18/h5,7-8,12,15H,3-4,6,9H2,1-2H3. The number of benzene rings is 1. The smallest absolute Gasteiger partial charge is 0.272 e. The number of rotatable bonds is 8. The maximum Gasteiger partial charge on any atom is 0.272 e. The summed E-state index contributed by atoms with van der Waals surface area (Å²) in [5.74, 6) is 0. The van der Waals surface area contributed by atoms with E-state index in [4.69, 9.17) is 16.3 Å². The van der Waals surface area contributed by atoms with Gasteiger partial charge < -0.3 is 10.1 Å². The predicted molar refractivity (Wildman–Crippen MR) is 75.8 cm³/mol. The van der Waals surface area contributed by atoms with Crippen LogP contribution in [0.4, 0.5) is 5.69 Å². The second kappa shape index (κ2) is 8.09. The van der Waals surface area contributed by atoms with E-state index in [1.54, 1.807) is 19.2 Å². The molecule has 0 aliphatic heterocycles. The number of hydrogen-bond acceptors (Lipinski definition) is 4. The van der Waals surface area contributed by atoms with Gasteiger partial charge in [0.05, 0.1) is 11.5 Å². The van der Waals surface area contributed by atoms with Crippen molar-refractivity contribution in [1.82, 2.24) is 5.32 Å². The Morgan fingerprint density at radius 2 is 2.26 bits per heavy atom. The van der Waals surface area contributed by atoms with Crippen LogP contribution < -0.4 is 5.32 Å². The van der Waals surface area contributed by atoms with Crippen molar-refractivity contribution < 1.29 is 9.66 Å². The first kappa shape index (κ1) is 15.9. The molecule has 0 aromatic heterocycles. The number of nitrogens with one attached hydrogen (secondary N) is 1. The fourth-order valence-corrected chi connectivity index (χ4v) is 2.19. The summed E-state index contributed by atoms with van der Waals surface area (Å²) in [7, 11) is 1.65. The molecule has 0 spiro atoms. The molecule has 5 nitrogen and oxygen atoms in total. The normalized spacial score (nSPS) is 12.4. The minimum Gasteiger partial charge on any atom is -0.383 e. The summed E-state index contributed by atoms with van der Waals surface area (Å²) in [6.07, 6.45) is 1.36. The van der Waals surface area contributed by atoms with Crippen molar-refractivity contribution in [3.8, 4) is 0 Å². The van der Waals surface area contributed by atoms with E-state index >= 15 is 0 Å². The van der Waals surface area contributed by atoms with Gasteiger partial charge in [0.15, 0.2) is 0 Å². The molecular weight excluding hydrogens is 268 g/mol. The number of nitro groups is 1. The molecule has 0 amide bonds. The van der Waals surface area contributed by atoms with Gasteiger partial charge in [-0.25, -0.2) is 0 Å². The van der Waals surface area contributed by atoms with Crippen LogP contribution in [0.5, 0.6) is 0 Å². The van der Waals surface area contributed by atoms with Crippen LogP contribution in [0.3, 0.4) is 0 Å². The summed E-state index contributed by atoms with van der Waals surface area (Å²) in [5.41, 5.74) is 0.786. The predicted octanol–water partition coefficient (Wildman–Crippen LogP) is 2.81. The zero-order valence-corrected chi connectivity index (χ0v) is 11.9. The van der Waals surface area contributed by atoms with E-state index < -0.39 is 0 Å². The molecule has 1 N–H and O–H groups in total. The fraction of sp³-hybridized carbons (Fsp3) is 0.538. The van der Waals surface area contributed by atoms with Crippen molar-refractivity contribution in [3.63, 3.8) is 0 Å². The maximum absolute atomic E-state index is 11.0. The van der Waals surface area contributed by atoms with E-state index in [1.807, 2.05) is 6.92 Å². The summed E-state index contributed by atoms with van der Waals surface area (Å²) in [4.78, 5) is 10.6. The zero-order chi connectivity index (χ0) is 14.3. The molecular formula is C13H19ClN2O3. The summed E-state index contributed by atoms with van der Waals surface area (Å²) in [6.45, 7) is 3.44. The Morgan fingerprint density at radius 3 is 2.84 bits per heavy atom. The number of aryl methyl sites for hydroxylation is 1. The Bertz CT molecular complexity index is 420. The van der Waals surface area contributed by atoms with Crippen LogP contribution in [0, 0.1) is 10.1 Å². The minimum atomic E-state index is -0.371. The van der Waals surface area contributed by atoms with Crippen molar-refractivity contribution in [2.24, 2.45) is 0 Å². The van der Waals surface area contributed by atoms with Gasteiger partial charge in [0.1, 0.15) is 0 Å². The van der Waals surface area contributed by atoms with Gasteiger partial charge in [-0.15, -0.1) is 0 Å². The molecule has 0 aliphatic carbocycles. The summed E-state index contributed by atoms with van der Waals surface area (Å²) in [6, 6.07) is 4.85. The highest BCUT2D eigenvalue weighted by atomic mass is 35.5. The van der Waals surface area contributed by atoms with Crippen molar-refractivity contribution in [2.75, 3.05) is 20.3 Å². The van der Waals surface area contributed by atoms with E-state index in [0.29, 0.717) is 23.6 Å². The van der Waals surface area contributed by atoms with Crippen LogP contribution >= 0.6 is 11.6 Å². The topological polar surface area (TPSA) is 64.4 Å². The second-order valence-corrected chi connectivity index (χ2v) is 4.72. The number of nitro benzene ring substituents is 1. The molecule has 0 radical (unpaired) electrons. The quantitative estimate of drug-likeness (QED) is 0.589. The van der Waals surface area contributed by atoms with Gasteiger partial charge in [-0.05, 0) is 31.5 Å². The van der Waals surface area contributed by atoms with Gasteiger partial charge in [0, 0.05) is 29.8 Å². The average molecular weight is 287 g/mol. The molecule has 1 aromatic rings. The third-order valence-electron chi connectivity index (χ3n) is 2.86. The SMILES string of the molecule is CCNC(CCc1cc(Cl)ccc1[N+](=O)[O-])COC. The van der Waals surface area contributed by atoms with Crippen LogP contribution in [0.25, 0.3) is 0 Å². The molecule has 6 heteroatoms. The third kappa shape index (κ3) is 5.14. The molecule has 0 fully saturated rings. The van der Waals surface area contributed by atoms with Crippen molar-refractivity contribution in [2.45, 2.75) is 25.8 Å². The Morgan fingerprint density at radius 1 is 1.53 bits per heavy atom. The lowest BCUT2D eigenvalue weighted by atomic mass is 10.0. The molecule has 0 saturated heterocycles. The third-order valence-corrected chi connectivity index (χ3v) is 3.10.